The number of hydrogen-bond acceptors (Lipinski definition) is 4. The second-order valence-electron chi connectivity index (χ2n) is 7.59. The Kier molecular flexibility index (Phi) is 7.66. The number of amides is 1. The summed E-state index contributed by atoms with van der Waals surface area (Å²) in [6.07, 6.45) is 1.94. The molecular formula is C22H31N5OS. The lowest BCUT2D eigenvalue weighted by Gasteiger charge is -2.31. The van der Waals surface area contributed by atoms with Gasteiger partial charge in [-0.15, -0.1) is 11.3 Å². The summed E-state index contributed by atoms with van der Waals surface area (Å²) in [6.45, 7) is 6.23. The predicted octanol–water partition coefficient (Wildman–Crippen LogP) is 2.62. The highest BCUT2D eigenvalue weighted by atomic mass is 32.1. The lowest BCUT2D eigenvalue weighted by atomic mass is 9.97. The molecule has 0 saturated carbocycles. The summed E-state index contributed by atoms with van der Waals surface area (Å²) in [5.41, 5.74) is 7.97. The number of thiophene rings is 1. The van der Waals surface area contributed by atoms with Crippen molar-refractivity contribution in [1.82, 2.24) is 15.5 Å². The molecule has 0 aliphatic carbocycles. The standard InChI is InChI=1S/C22H31N5OS/c1-16-8-9-20(29-16)13-26-22(24-2)25-12-17-5-3-6-18(11-17)14-27-10-4-7-19(15-27)21(23)28/h3,5-6,8-9,11,19H,4,7,10,12-15H2,1-2H3,(H2,23,28)(H2,24,25,26). The molecule has 156 valence electrons. The molecule has 2 aromatic rings. The van der Waals surface area contributed by atoms with Crippen molar-refractivity contribution in [3.63, 3.8) is 0 Å². The highest BCUT2D eigenvalue weighted by molar-refractivity contribution is 7.11. The van der Waals surface area contributed by atoms with Gasteiger partial charge in [-0.25, -0.2) is 0 Å². The van der Waals surface area contributed by atoms with Crippen molar-refractivity contribution < 1.29 is 4.79 Å². The zero-order chi connectivity index (χ0) is 20.6. The molecule has 1 unspecified atom stereocenters. The summed E-state index contributed by atoms with van der Waals surface area (Å²) in [5.74, 6) is 0.598. The first-order chi connectivity index (χ1) is 14.0. The number of piperidine rings is 1. The molecule has 3 rings (SSSR count). The largest absolute Gasteiger partial charge is 0.369 e. The molecule has 29 heavy (non-hydrogen) atoms. The van der Waals surface area contributed by atoms with Crippen LogP contribution in [-0.4, -0.2) is 36.9 Å². The minimum Gasteiger partial charge on any atom is -0.369 e. The maximum Gasteiger partial charge on any atom is 0.221 e. The second-order valence-corrected chi connectivity index (χ2v) is 8.96. The van der Waals surface area contributed by atoms with E-state index in [-0.39, 0.29) is 11.8 Å². The summed E-state index contributed by atoms with van der Waals surface area (Å²) in [5, 5.41) is 6.75. The fourth-order valence-corrected chi connectivity index (χ4v) is 4.51. The van der Waals surface area contributed by atoms with Crippen molar-refractivity contribution in [2.75, 3.05) is 20.1 Å². The number of rotatable bonds is 7. The maximum absolute atomic E-state index is 11.5. The first-order valence-corrected chi connectivity index (χ1v) is 10.9. The van der Waals surface area contributed by atoms with E-state index in [1.807, 2.05) is 0 Å². The molecule has 1 aliphatic heterocycles. The van der Waals surface area contributed by atoms with Gasteiger partial charge in [0.25, 0.3) is 0 Å². The van der Waals surface area contributed by atoms with Gasteiger partial charge in [0, 0.05) is 36.4 Å². The molecule has 1 aromatic heterocycles. The number of likely N-dealkylation sites (tertiary alicyclic amines) is 1. The normalized spacial score (nSPS) is 17.9. The van der Waals surface area contributed by atoms with Crippen LogP contribution in [0.2, 0.25) is 0 Å². The zero-order valence-corrected chi connectivity index (χ0v) is 18.1. The maximum atomic E-state index is 11.5. The van der Waals surface area contributed by atoms with Gasteiger partial charge in [-0.2, -0.15) is 0 Å². The van der Waals surface area contributed by atoms with Crippen LogP contribution in [0.15, 0.2) is 41.4 Å². The van der Waals surface area contributed by atoms with E-state index in [9.17, 15) is 4.79 Å². The third-order valence-electron chi connectivity index (χ3n) is 5.22. The average Bonchev–Trinajstić information content (AvgIpc) is 3.14. The lowest BCUT2D eigenvalue weighted by Crippen LogP contribution is -2.40. The van der Waals surface area contributed by atoms with Crippen molar-refractivity contribution >= 4 is 23.2 Å². The van der Waals surface area contributed by atoms with Gasteiger partial charge in [0.15, 0.2) is 5.96 Å². The van der Waals surface area contributed by atoms with E-state index in [4.69, 9.17) is 5.73 Å². The molecule has 1 aromatic carbocycles. The first kappa shape index (κ1) is 21.3. The van der Waals surface area contributed by atoms with Gasteiger partial charge < -0.3 is 16.4 Å². The number of nitrogens with zero attached hydrogens (tertiary/aromatic N) is 2. The van der Waals surface area contributed by atoms with Crippen molar-refractivity contribution in [2.45, 2.75) is 39.4 Å². The van der Waals surface area contributed by atoms with Gasteiger partial charge in [-0.05, 0) is 49.6 Å². The molecule has 1 amide bonds. The number of nitrogens with one attached hydrogen (secondary N) is 2. The number of hydrogen-bond donors (Lipinski definition) is 3. The molecular weight excluding hydrogens is 382 g/mol. The molecule has 7 heteroatoms. The Bertz CT molecular complexity index is 847. The number of guanidine groups is 1. The first-order valence-electron chi connectivity index (χ1n) is 10.1. The monoisotopic (exact) mass is 413 g/mol. The number of carbonyl (C=O) groups excluding carboxylic acids is 1. The van der Waals surface area contributed by atoms with Crippen molar-refractivity contribution in [2.24, 2.45) is 16.6 Å². The Morgan fingerprint density at radius 1 is 1.24 bits per heavy atom. The highest BCUT2D eigenvalue weighted by Crippen LogP contribution is 2.19. The van der Waals surface area contributed by atoms with Gasteiger partial charge in [0.2, 0.25) is 5.91 Å². The van der Waals surface area contributed by atoms with Crippen LogP contribution in [0.3, 0.4) is 0 Å². The molecule has 4 N–H and O–H groups in total. The van der Waals surface area contributed by atoms with Crippen LogP contribution < -0.4 is 16.4 Å². The molecule has 1 saturated heterocycles. The van der Waals surface area contributed by atoms with E-state index in [2.05, 4.69) is 63.8 Å². The van der Waals surface area contributed by atoms with Crippen LogP contribution >= 0.6 is 11.3 Å². The van der Waals surface area contributed by atoms with Crippen LogP contribution in [-0.2, 0) is 24.4 Å². The fraction of sp³-hybridized carbons (Fsp3) is 0.455. The van der Waals surface area contributed by atoms with Crippen LogP contribution in [0.25, 0.3) is 0 Å². The smallest absolute Gasteiger partial charge is 0.221 e. The SMILES string of the molecule is CN=C(NCc1cccc(CN2CCCC(C(N)=O)C2)c1)NCc1ccc(C)s1. The third-order valence-corrected chi connectivity index (χ3v) is 6.22. The Balaban J connectivity index is 1.50. The molecule has 1 atom stereocenters. The highest BCUT2D eigenvalue weighted by Gasteiger charge is 2.23. The topological polar surface area (TPSA) is 82.8 Å². The van der Waals surface area contributed by atoms with Crippen molar-refractivity contribution in [3.05, 3.63) is 57.3 Å². The lowest BCUT2D eigenvalue weighted by molar-refractivity contribution is -0.123. The van der Waals surface area contributed by atoms with Crippen LogP contribution in [0.5, 0.6) is 0 Å². The molecule has 1 aliphatic rings. The molecule has 0 radical (unpaired) electrons. The zero-order valence-electron chi connectivity index (χ0n) is 17.3. The summed E-state index contributed by atoms with van der Waals surface area (Å²) in [7, 11) is 1.79. The van der Waals surface area contributed by atoms with Gasteiger partial charge in [-0.1, -0.05) is 24.3 Å². The van der Waals surface area contributed by atoms with Gasteiger partial charge >= 0.3 is 0 Å². The Morgan fingerprint density at radius 3 is 2.76 bits per heavy atom. The van der Waals surface area contributed by atoms with Gasteiger partial charge in [0.1, 0.15) is 0 Å². The average molecular weight is 414 g/mol. The molecule has 0 bridgehead atoms. The molecule has 2 heterocycles. The number of primary amides is 1. The van der Waals surface area contributed by atoms with Gasteiger partial charge in [-0.3, -0.25) is 14.7 Å². The van der Waals surface area contributed by atoms with Crippen molar-refractivity contribution in [3.8, 4) is 0 Å². The second kappa shape index (κ2) is 10.4. The van der Waals surface area contributed by atoms with E-state index in [0.29, 0.717) is 6.54 Å². The van der Waals surface area contributed by atoms with Gasteiger partial charge in [0.05, 0.1) is 12.5 Å². The fourth-order valence-electron chi connectivity index (χ4n) is 3.68. The van der Waals surface area contributed by atoms with Crippen LogP contribution in [0.4, 0.5) is 0 Å². The van der Waals surface area contributed by atoms with Crippen molar-refractivity contribution in [1.29, 1.82) is 0 Å². The summed E-state index contributed by atoms with van der Waals surface area (Å²) in [4.78, 5) is 20.8. The quantitative estimate of drug-likeness (QED) is 0.481. The molecule has 0 spiro atoms. The number of aliphatic imine (C=N–C) groups is 1. The van der Waals surface area contributed by atoms with E-state index >= 15 is 0 Å². The Morgan fingerprint density at radius 2 is 2.03 bits per heavy atom. The minimum absolute atomic E-state index is 0.0184. The summed E-state index contributed by atoms with van der Waals surface area (Å²) >= 11 is 1.80. The number of nitrogens with two attached hydrogens (primary N) is 1. The summed E-state index contributed by atoms with van der Waals surface area (Å²) in [6, 6.07) is 12.9. The minimum atomic E-state index is -0.177. The van der Waals surface area contributed by atoms with Crippen LogP contribution in [0.1, 0.15) is 33.7 Å². The number of benzene rings is 1. The van der Waals surface area contributed by atoms with E-state index in [1.54, 1.807) is 18.4 Å². The summed E-state index contributed by atoms with van der Waals surface area (Å²) < 4.78 is 0. The number of aryl methyl sites for hydroxylation is 1. The van der Waals surface area contributed by atoms with E-state index < -0.39 is 0 Å². The molecule has 6 nitrogen and oxygen atoms in total. The predicted molar refractivity (Wildman–Crippen MR) is 120 cm³/mol. The van der Waals surface area contributed by atoms with E-state index in [0.717, 1.165) is 45.0 Å². The molecule has 1 fully saturated rings. The number of carbonyl (C=O) groups is 1. The Labute approximate surface area is 177 Å². The third kappa shape index (κ3) is 6.58. The van der Waals surface area contributed by atoms with Crippen LogP contribution in [0, 0.1) is 12.8 Å². The van der Waals surface area contributed by atoms with E-state index in [1.165, 1.54) is 20.9 Å². The Hall–Kier alpha value is -2.38.